The predicted molar refractivity (Wildman–Crippen MR) is 78.9 cm³/mol. The van der Waals surface area contributed by atoms with Gasteiger partial charge in [-0.1, -0.05) is 13.0 Å². The molecule has 7 nitrogen and oxygen atoms in total. The van der Waals surface area contributed by atoms with Crippen LogP contribution in [-0.4, -0.2) is 41.8 Å². The molecule has 0 spiro atoms. The molecule has 0 saturated heterocycles. The van der Waals surface area contributed by atoms with Crippen LogP contribution in [0.3, 0.4) is 0 Å². The first-order chi connectivity index (χ1) is 9.89. The molecule has 0 aliphatic heterocycles. The first kappa shape index (κ1) is 15.5. The molecule has 1 aromatic carbocycles. The van der Waals surface area contributed by atoms with E-state index in [0.29, 0.717) is 23.3 Å². The number of carboxylic acid groups (broad SMARTS) is 1. The predicted octanol–water partition coefficient (Wildman–Crippen LogP) is 0.846. The van der Waals surface area contributed by atoms with E-state index in [0.717, 1.165) is 0 Å². The molecule has 0 fully saturated rings. The van der Waals surface area contributed by atoms with Gasteiger partial charge in [0.25, 0.3) is 0 Å². The number of nitrogens with zero attached hydrogens (tertiary/aromatic N) is 2. The molecule has 2 N–H and O–H groups in total. The molecule has 0 saturated carbocycles. The van der Waals surface area contributed by atoms with Gasteiger partial charge in [-0.15, -0.1) is 0 Å². The van der Waals surface area contributed by atoms with Gasteiger partial charge in [0.05, 0.1) is 22.3 Å². The van der Waals surface area contributed by atoms with Gasteiger partial charge in [-0.25, -0.2) is 22.9 Å². The zero-order valence-electron chi connectivity index (χ0n) is 11.8. The number of sulfonamides is 1. The number of nitrogens with one attached hydrogen (secondary N) is 1. The maximum Gasteiger partial charge on any atom is 0.337 e. The minimum atomic E-state index is -3.37. The third-order valence-corrected chi connectivity index (χ3v) is 4.63. The van der Waals surface area contributed by atoms with Crippen molar-refractivity contribution in [2.45, 2.75) is 19.9 Å². The average Bonchev–Trinajstić information content (AvgIpc) is 2.82. The minimum Gasteiger partial charge on any atom is -0.478 e. The number of aromatic carboxylic acids is 1. The smallest absolute Gasteiger partial charge is 0.337 e. The SMILES string of the molecule is CCc1nc2cccc(C(=O)O)c2n1CCS(=O)(=O)NC. The van der Waals surface area contributed by atoms with Crippen molar-refractivity contribution in [3.63, 3.8) is 0 Å². The number of carboxylic acids is 1. The Morgan fingerprint density at radius 1 is 1.43 bits per heavy atom. The Kier molecular flexibility index (Phi) is 4.29. The standard InChI is InChI=1S/C13H17N3O4S/c1-3-11-15-10-6-4-5-9(13(17)18)12(10)16(11)7-8-21(19,20)14-2/h4-6,14H,3,7-8H2,1-2H3,(H,17,18). The second-order valence-electron chi connectivity index (χ2n) is 4.53. The molecule has 21 heavy (non-hydrogen) atoms. The van der Waals surface area contributed by atoms with Crippen LogP contribution in [0, 0.1) is 0 Å². The van der Waals surface area contributed by atoms with Crippen molar-refractivity contribution in [2.75, 3.05) is 12.8 Å². The number of aryl methyl sites for hydroxylation is 2. The molecule has 0 atom stereocenters. The van der Waals surface area contributed by atoms with E-state index in [1.165, 1.54) is 13.1 Å². The highest BCUT2D eigenvalue weighted by molar-refractivity contribution is 7.89. The van der Waals surface area contributed by atoms with Crippen molar-refractivity contribution in [3.05, 3.63) is 29.6 Å². The first-order valence-electron chi connectivity index (χ1n) is 6.52. The van der Waals surface area contributed by atoms with Crippen molar-refractivity contribution in [2.24, 2.45) is 0 Å². The summed E-state index contributed by atoms with van der Waals surface area (Å²) in [6, 6.07) is 4.85. The monoisotopic (exact) mass is 311 g/mol. The summed E-state index contributed by atoms with van der Waals surface area (Å²) in [6.45, 7) is 2.05. The zero-order valence-corrected chi connectivity index (χ0v) is 12.6. The van der Waals surface area contributed by atoms with Crippen molar-refractivity contribution in [3.8, 4) is 0 Å². The molecule has 0 aliphatic rings. The molecular weight excluding hydrogens is 294 g/mol. The van der Waals surface area contributed by atoms with E-state index in [1.54, 1.807) is 16.7 Å². The number of hydrogen-bond donors (Lipinski definition) is 2. The van der Waals surface area contributed by atoms with Crippen LogP contribution in [0.15, 0.2) is 18.2 Å². The van der Waals surface area contributed by atoms with Crippen LogP contribution >= 0.6 is 0 Å². The van der Waals surface area contributed by atoms with Crippen LogP contribution in [0.25, 0.3) is 11.0 Å². The molecule has 1 heterocycles. The molecule has 114 valence electrons. The van der Waals surface area contributed by atoms with Crippen molar-refractivity contribution in [1.82, 2.24) is 14.3 Å². The summed E-state index contributed by atoms with van der Waals surface area (Å²) in [5.74, 6) is -0.512. The fraction of sp³-hybridized carbons (Fsp3) is 0.385. The number of rotatable bonds is 6. The number of aromatic nitrogens is 2. The highest BCUT2D eigenvalue weighted by Gasteiger charge is 2.18. The van der Waals surface area contributed by atoms with E-state index in [4.69, 9.17) is 0 Å². The highest BCUT2D eigenvalue weighted by Crippen LogP contribution is 2.21. The van der Waals surface area contributed by atoms with Crippen LogP contribution in [0.5, 0.6) is 0 Å². The molecule has 0 aliphatic carbocycles. The Bertz CT molecular complexity index is 780. The maximum atomic E-state index is 11.6. The molecule has 0 radical (unpaired) electrons. The molecular formula is C13H17N3O4S. The third-order valence-electron chi connectivity index (χ3n) is 3.29. The minimum absolute atomic E-state index is 0.126. The second kappa shape index (κ2) is 5.82. The Balaban J connectivity index is 2.57. The van der Waals surface area contributed by atoms with Gasteiger partial charge in [-0.3, -0.25) is 0 Å². The number of imidazole rings is 1. The number of fused-ring (bicyclic) bond motifs is 1. The Hall–Kier alpha value is -1.93. The topological polar surface area (TPSA) is 101 Å². The van der Waals surface area contributed by atoms with Gasteiger partial charge in [0.2, 0.25) is 10.0 Å². The lowest BCUT2D eigenvalue weighted by Gasteiger charge is -2.09. The number of para-hydroxylation sites is 1. The molecule has 2 rings (SSSR count). The van der Waals surface area contributed by atoms with E-state index in [-0.39, 0.29) is 17.9 Å². The highest BCUT2D eigenvalue weighted by atomic mass is 32.2. The Morgan fingerprint density at radius 3 is 2.71 bits per heavy atom. The van der Waals surface area contributed by atoms with Crippen molar-refractivity contribution >= 4 is 27.0 Å². The molecule has 0 bridgehead atoms. The van der Waals surface area contributed by atoms with E-state index < -0.39 is 16.0 Å². The van der Waals surface area contributed by atoms with Crippen LogP contribution in [-0.2, 0) is 23.0 Å². The molecule has 0 unspecified atom stereocenters. The summed E-state index contributed by atoms with van der Waals surface area (Å²) in [5, 5.41) is 9.29. The third kappa shape index (κ3) is 3.06. The van der Waals surface area contributed by atoms with Gasteiger partial charge >= 0.3 is 5.97 Å². The summed E-state index contributed by atoms with van der Waals surface area (Å²) in [7, 11) is -2.02. The van der Waals surface area contributed by atoms with E-state index in [1.807, 2.05) is 6.92 Å². The van der Waals surface area contributed by atoms with Crippen LogP contribution in [0.4, 0.5) is 0 Å². The van der Waals surface area contributed by atoms with Gasteiger partial charge in [0.15, 0.2) is 0 Å². The molecule has 2 aromatic rings. The van der Waals surface area contributed by atoms with Crippen molar-refractivity contribution < 1.29 is 18.3 Å². The normalized spacial score (nSPS) is 11.9. The summed E-state index contributed by atoms with van der Waals surface area (Å²) in [6.07, 6.45) is 0.591. The van der Waals surface area contributed by atoms with E-state index >= 15 is 0 Å². The molecule has 0 amide bonds. The summed E-state index contributed by atoms with van der Waals surface area (Å²) in [4.78, 5) is 15.7. The quantitative estimate of drug-likeness (QED) is 0.823. The number of carbonyl (C=O) groups is 1. The van der Waals surface area contributed by atoms with Gasteiger partial charge in [0.1, 0.15) is 5.82 Å². The number of benzene rings is 1. The number of hydrogen-bond acceptors (Lipinski definition) is 4. The average molecular weight is 311 g/mol. The van der Waals surface area contributed by atoms with Crippen LogP contribution < -0.4 is 4.72 Å². The lowest BCUT2D eigenvalue weighted by atomic mass is 10.2. The summed E-state index contributed by atoms with van der Waals surface area (Å²) in [5.41, 5.74) is 1.16. The van der Waals surface area contributed by atoms with Crippen LogP contribution in [0.1, 0.15) is 23.1 Å². The summed E-state index contributed by atoms with van der Waals surface area (Å²) < 4.78 is 27.1. The molecule has 1 aromatic heterocycles. The Morgan fingerprint density at radius 2 is 2.14 bits per heavy atom. The lowest BCUT2D eigenvalue weighted by molar-refractivity contribution is 0.0698. The molecule has 8 heteroatoms. The first-order valence-corrected chi connectivity index (χ1v) is 8.17. The fourth-order valence-electron chi connectivity index (χ4n) is 2.23. The maximum absolute atomic E-state index is 11.6. The van der Waals surface area contributed by atoms with Gasteiger partial charge in [-0.05, 0) is 19.2 Å². The van der Waals surface area contributed by atoms with E-state index in [2.05, 4.69) is 9.71 Å². The fourth-order valence-corrected chi connectivity index (χ4v) is 2.86. The summed E-state index contributed by atoms with van der Waals surface area (Å²) >= 11 is 0. The van der Waals surface area contributed by atoms with Crippen molar-refractivity contribution in [1.29, 1.82) is 0 Å². The van der Waals surface area contributed by atoms with Gasteiger partial charge in [-0.2, -0.15) is 0 Å². The second-order valence-corrected chi connectivity index (χ2v) is 6.58. The van der Waals surface area contributed by atoms with Gasteiger partial charge in [0, 0.05) is 13.0 Å². The van der Waals surface area contributed by atoms with E-state index in [9.17, 15) is 18.3 Å². The largest absolute Gasteiger partial charge is 0.478 e. The Labute approximate surface area is 122 Å². The van der Waals surface area contributed by atoms with Crippen LogP contribution in [0.2, 0.25) is 0 Å². The van der Waals surface area contributed by atoms with Gasteiger partial charge < -0.3 is 9.67 Å². The lowest BCUT2D eigenvalue weighted by Crippen LogP contribution is -2.25. The zero-order chi connectivity index (χ0) is 15.6.